The van der Waals surface area contributed by atoms with Crippen LogP contribution in [0.15, 0.2) is 30.3 Å². The maximum atomic E-state index is 6.45. The van der Waals surface area contributed by atoms with Crippen molar-refractivity contribution in [3.63, 3.8) is 0 Å². The minimum atomic E-state index is -1.66. The zero-order valence-electron chi connectivity index (χ0n) is 12.2. The van der Waals surface area contributed by atoms with E-state index in [-0.39, 0.29) is 11.1 Å². The van der Waals surface area contributed by atoms with Gasteiger partial charge in [0.1, 0.15) is 0 Å². The quantitative estimate of drug-likeness (QED) is 0.704. The van der Waals surface area contributed by atoms with Gasteiger partial charge in [-0.3, -0.25) is 0 Å². The molecular weight excluding hydrogens is 236 g/mol. The molecule has 0 N–H and O–H groups in total. The minimum absolute atomic E-state index is 0.251. The Morgan fingerprint density at radius 3 is 2.50 bits per heavy atom. The van der Waals surface area contributed by atoms with E-state index in [1.807, 2.05) is 0 Å². The highest BCUT2D eigenvalue weighted by Gasteiger charge is 2.39. The zero-order valence-corrected chi connectivity index (χ0v) is 13.2. The summed E-state index contributed by atoms with van der Waals surface area (Å²) in [5, 5.41) is 0.276. The summed E-state index contributed by atoms with van der Waals surface area (Å²) in [6.07, 6.45) is 5.69. The van der Waals surface area contributed by atoms with Crippen LogP contribution in [-0.4, -0.2) is 14.4 Å². The number of hydrogen-bond acceptors (Lipinski definition) is 1. The van der Waals surface area contributed by atoms with Crippen LogP contribution in [0.25, 0.3) is 6.08 Å². The Balaban J connectivity index is 2.12. The van der Waals surface area contributed by atoms with Gasteiger partial charge in [-0.15, -0.1) is 0 Å². The Morgan fingerprint density at radius 2 is 1.83 bits per heavy atom. The lowest BCUT2D eigenvalue weighted by Crippen LogP contribution is -2.44. The lowest BCUT2D eigenvalue weighted by molar-refractivity contribution is 0.224. The van der Waals surface area contributed by atoms with Gasteiger partial charge < -0.3 is 4.43 Å². The number of hydrogen-bond donors (Lipinski definition) is 0. The van der Waals surface area contributed by atoms with Crippen LogP contribution < -0.4 is 0 Å². The molecule has 0 bridgehead atoms. The van der Waals surface area contributed by atoms with Crippen molar-refractivity contribution in [1.82, 2.24) is 0 Å². The zero-order chi connectivity index (χ0) is 13.4. The van der Waals surface area contributed by atoms with Gasteiger partial charge in [0.25, 0.3) is 0 Å². The SMILES string of the molecule is CC(C)(C)[Si](C)(C)O[C@H]1C=Cc2ccccc2C1. The van der Waals surface area contributed by atoms with E-state index in [0.29, 0.717) is 0 Å². The first-order valence-corrected chi connectivity index (χ1v) is 9.64. The molecule has 0 radical (unpaired) electrons. The fourth-order valence-electron chi connectivity index (χ4n) is 2.01. The Kier molecular flexibility index (Phi) is 3.52. The highest BCUT2D eigenvalue weighted by Crippen LogP contribution is 2.38. The van der Waals surface area contributed by atoms with E-state index in [0.717, 1.165) is 6.42 Å². The van der Waals surface area contributed by atoms with Crippen molar-refractivity contribution in [1.29, 1.82) is 0 Å². The van der Waals surface area contributed by atoms with Crippen LogP contribution in [-0.2, 0) is 10.8 Å². The second kappa shape index (κ2) is 4.67. The molecule has 0 aliphatic heterocycles. The molecule has 1 aromatic carbocycles. The van der Waals surface area contributed by atoms with Crippen LogP contribution in [0.5, 0.6) is 0 Å². The van der Waals surface area contributed by atoms with Crippen molar-refractivity contribution in [2.75, 3.05) is 0 Å². The van der Waals surface area contributed by atoms with Gasteiger partial charge in [-0.1, -0.05) is 57.2 Å². The van der Waals surface area contributed by atoms with Crippen LogP contribution in [0, 0.1) is 0 Å². The molecule has 0 saturated heterocycles. The fourth-order valence-corrected chi connectivity index (χ4v) is 3.29. The standard InChI is InChI=1S/C16H24OSi/c1-16(2,3)18(4,5)17-15-11-10-13-8-6-7-9-14(13)12-15/h6-11,15H,12H2,1-5H3/t15-/m0/s1. The molecule has 1 nitrogen and oxygen atoms in total. The molecule has 1 aromatic rings. The predicted octanol–water partition coefficient (Wildman–Crippen LogP) is 4.65. The Hall–Kier alpha value is -0.863. The number of benzene rings is 1. The summed E-state index contributed by atoms with van der Waals surface area (Å²) in [6.45, 7) is 11.5. The average Bonchev–Trinajstić information content (AvgIpc) is 2.27. The second-order valence-electron chi connectivity index (χ2n) is 6.68. The summed E-state index contributed by atoms with van der Waals surface area (Å²) in [5.74, 6) is 0. The summed E-state index contributed by atoms with van der Waals surface area (Å²) in [4.78, 5) is 0. The Bertz CT molecular complexity index is 454. The molecule has 0 saturated carbocycles. The van der Waals surface area contributed by atoms with E-state index in [4.69, 9.17) is 4.43 Å². The lowest BCUT2D eigenvalue weighted by atomic mass is 9.96. The number of rotatable bonds is 2. The Morgan fingerprint density at radius 1 is 1.17 bits per heavy atom. The van der Waals surface area contributed by atoms with Gasteiger partial charge >= 0.3 is 0 Å². The van der Waals surface area contributed by atoms with E-state index in [2.05, 4.69) is 70.3 Å². The first-order valence-electron chi connectivity index (χ1n) is 6.73. The normalized spacial score (nSPS) is 19.7. The van der Waals surface area contributed by atoms with Crippen LogP contribution in [0.2, 0.25) is 18.1 Å². The molecule has 2 rings (SSSR count). The van der Waals surface area contributed by atoms with E-state index in [1.54, 1.807) is 0 Å². The van der Waals surface area contributed by atoms with E-state index >= 15 is 0 Å². The van der Waals surface area contributed by atoms with Crippen molar-refractivity contribution in [3.8, 4) is 0 Å². The summed E-state index contributed by atoms with van der Waals surface area (Å²) in [6, 6.07) is 8.59. The van der Waals surface area contributed by atoms with Gasteiger partial charge in [0.2, 0.25) is 0 Å². The average molecular weight is 260 g/mol. The van der Waals surface area contributed by atoms with Crippen LogP contribution in [0.4, 0.5) is 0 Å². The van der Waals surface area contributed by atoms with E-state index in [9.17, 15) is 0 Å². The minimum Gasteiger partial charge on any atom is -0.410 e. The van der Waals surface area contributed by atoms with E-state index in [1.165, 1.54) is 11.1 Å². The van der Waals surface area contributed by atoms with Crippen molar-refractivity contribution in [2.24, 2.45) is 0 Å². The molecule has 2 heteroatoms. The maximum Gasteiger partial charge on any atom is 0.192 e. The largest absolute Gasteiger partial charge is 0.410 e. The lowest BCUT2D eigenvalue weighted by Gasteiger charge is -2.39. The number of fused-ring (bicyclic) bond motifs is 1. The van der Waals surface area contributed by atoms with Crippen molar-refractivity contribution >= 4 is 14.4 Å². The van der Waals surface area contributed by atoms with Crippen molar-refractivity contribution < 1.29 is 4.43 Å². The highest BCUT2D eigenvalue weighted by molar-refractivity contribution is 6.74. The molecule has 0 unspecified atom stereocenters. The monoisotopic (exact) mass is 260 g/mol. The van der Waals surface area contributed by atoms with Gasteiger partial charge in [0.15, 0.2) is 8.32 Å². The molecular formula is C16H24OSi. The summed E-state index contributed by atoms with van der Waals surface area (Å²) in [5.41, 5.74) is 2.75. The second-order valence-corrected chi connectivity index (χ2v) is 11.4. The molecule has 1 atom stereocenters. The van der Waals surface area contributed by atoms with E-state index < -0.39 is 8.32 Å². The molecule has 0 fully saturated rings. The summed E-state index contributed by atoms with van der Waals surface area (Å²) >= 11 is 0. The van der Waals surface area contributed by atoms with Gasteiger partial charge in [-0.2, -0.15) is 0 Å². The van der Waals surface area contributed by atoms with Crippen LogP contribution in [0.1, 0.15) is 31.9 Å². The van der Waals surface area contributed by atoms with Gasteiger partial charge in [-0.25, -0.2) is 0 Å². The molecule has 98 valence electrons. The molecule has 1 aliphatic carbocycles. The van der Waals surface area contributed by atoms with Gasteiger partial charge in [0.05, 0.1) is 6.10 Å². The molecule has 0 aromatic heterocycles. The predicted molar refractivity (Wildman–Crippen MR) is 81.3 cm³/mol. The summed E-state index contributed by atoms with van der Waals surface area (Å²) < 4.78 is 6.45. The van der Waals surface area contributed by atoms with Crippen LogP contribution in [0.3, 0.4) is 0 Å². The third-order valence-corrected chi connectivity index (χ3v) is 8.72. The van der Waals surface area contributed by atoms with Crippen molar-refractivity contribution in [3.05, 3.63) is 41.5 Å². The molecule has 18 heavy (non-hydrogen) atoms. The topological polar surface area (TPSA) is 9.23 Å². The molecule has 0 spiro atoms. The molecule has 1 aliphatic rings. The van der Waals surface area contributed by atoms with Gasteiger partial charge in [0, 0.05) is 6.42 Å². The maximum absolute atomic E-state index is 6.45. The fraction of sp³-hybridized carbons (Fsp3) is 0.500. The third-order valence-electron chi connectivity index (χ3n) is 4.22. The smallest absolute Gasteiger partial charge is 0.192 e. The van der Waals surface area contributed by atoms with Gasteiger partial charge in [-0.05, 0) is 29.3 Å². The third kappa shape index (κ3) is 2.75. The first-order chi connectivity index (χ1) is 8.29. The van der Waals surface area contributed by atoms with Crippen LogP contribution >= 0.6 is 0 Å². The first kappa shape index (κ1) is 13.6. The highest BCUT2D eigenvalue weighted by atomic mass is 28.4. The Labute approximate surface area is 112 Å². The molecule has 0 heterocycles. The summed E-state index contributed by atoms with van der Waals surface area (Å²) in [7, 11) is -1.66. The van der Waals surface area contributed by atoms with Crippen molar-refractivity contribution in [2.45, 2.75) is 51.4 Å². The molecule has 0 amide bonds.